The van der Waals surface area contributed by atoms with E-state index >= 15 is 0 Å². The van der Waals surface area contributed by atoms with Crippen LogP contribution in [0.2, 0.25) is 0 Å². The van der Waals surface area contributed by atoms with Crippen LogP contribution in [0.25, 0.3) is 6.08 Å². The van der Waals surface area contributed by atoms with Gasteiger partial charge in [0.2, 0.25) is 11.6 Å². The van der Waals surface area contributed by atoms with Crippen LogP contribution < -0.4 is 23.7 Å². The molecular weight excluding hydrogens is 402 g/mol. The van der Waals surface area contributed by atoms with Crippen molar-refractivity contribution in [2.75, 3.05) is 33.5 Å². The molecule has 0 radical (unpaired) electrons. The number of cyclic esters (lactones) is 1. The summed E-state index contributed by atoms with van der Waals surface area (Å²) in [5, 5.41) is 0. The third-order valence-corrected chi connectivity index (χ3v) is 4.56. The zero-order chi connectivity index (χ0) is 21.8. The van der Waals surface area contributed by atoms with Crippen LogP contribution in [-0.4, -0.2) is 45.4 Å². The topological polar surface area (TPSA) is 84.8 Å². The molecular formula is C23H23NO7. The molecule has 31 heavy (non-hydrogen) atoms. The van der Waals surface area contributed by atoms with Gasteiger partial charge in [0.15, 0.2) is 28.7 Å². The predicted octanol–water partition coefficient (Wildman–Crippen LogP) is 3.61. The Morgan fingerprint density at radius 3 is 2.55 bits per heavy atom. The van der Waals surface area contributed by atoms with Gasteiger partial charge in [0.1, 0.15) is 13.2 Å². The van der Waals surface area contributed by atoms with Gasteiger partial charge >= 0.3 is 5.97 Å². The number of ether oxygens (including phenoxy) is 6. The van der Waals surface area contributed by atoms with E-state index in [1.54, 1.807) is 43.5 Å². The number of nitrogens with zero attached hydrogens (tertiary/aromatic N) is 1. The van der Waals surface area contributed by atoms with Gasteiger partial charge in [-0.25, -0.2) is 9.79 Å². The number of rotatable bonds is 7. The van der Waals surface area contributed by atoms with Gasteiger partial charge in [-0.3, -0.25) is 0 Å². The molecule has 8 nitrogen and oxygen atoms in total. The summed E-state index contributed by atoms with van der Waals surface area (Å²) in [5.41, 5.74) is 1.46. The zero-order valence-electron chi connectivity index (χ0n) is 17.6. The molecule has 0 aromatic heterocycles. The molecule has 0 amide bonds. The summed E-state index contributed by atoms with van der Waals surface area (Å²) in [6.07, 6.45) is 1.62. The van der Waals surface area contributed by atoms with E-state index in [0.717, 1.165) is 0 Å². The van der Waals surface area contributed by atoms with E-state index in [-0.39, 0.29) is 11.6 Å². The Bertz CT molecular complexity index is 1040. The largest absolute Gasteiger partial charge is 0.493 e. The lowest BCUT2D eigenvalue weighted by molar-refractivity contribution is -0.129. The third-order valence-electron chi connectivity index (χ3n) is 4.56. The van der Waals surface area contributed by atoms with Crippen LogP contribution in [0, 0.1) is 0 Å². The van der Waals surface area contributed by atoms with Crippen molar-refractivity contribution in [3.8, 4) is 28.7 Å². The molecule has 2 heterocycles. The SMILES string of the molecule is CCOc1ccc(C2=N/C(=C/c3cc(OC)c4c(c3)OCCO4)C(=O)O2)cc1OCC. The molecule has 0 atom stereocenters. The molecule has 2 aliphatic heterocycles. The Balaban J connectivity index is 1.66. The van der Waals surface area contributed by atoms with Gasteiger partial charge in [0, 0.05) is 5.56 Å². The van der Waals surface area contributed by atoms with Crippen LogP contribution in [0.3, 0.4) is 0 Å². The summed E-state index contributed by atoms with van der Waals surface area (Å²) in [5.74, 6) is 2.47. The molecule has 4 rings (SSSR count). The Labute approximate surface area is 180 Å². The van der Waals surface area contributed by atoms with E-state index in [0.29, 0.717) is 66.3 Å². The van der Waals surface area contributed by atoms with E-state index in [2.05, 4.69) is 4.99 Å². The average molecular weight is 425 g/mol. The Morgan fingerprint density at radius 2 is 1.77 bits per heavy atom. The summed E-state index contributed by atoms with van der Waals surface area (Å²) in [4.78, 5) is 16.8. The fourth-order valence-corrected chi connectivity index (χ4v) is 3.25. The summed E-state index contributed by atoms with van der Waals surface area (Å²) in [7, 11) is 1.55. The lowest BCUT2D eigenvalue weighted by Gasteiger charge is -2.20. The highest BCUT2D eigenvalue weighted by atomic mass is 16.6. The molecule has 0 saturated carbocycles. The molecule has 0 spiro atoms. The van der Waals surface area contributed by atoms with Gasteiger partial charge in [-0.2, -0.15) is 0 Å². The Kier molecular flexibility index (Phi) is 5.97. The normalized spacial score (nSPS) is 16.0. The van der Waals surface area contributed by atoms with Crippen molar-refractivity contribution >= 4 is 17.9 Å². The number of hydrogen-bond acceptors (Lipinski definition) is 8. The molecule has 0 N–H and O–H groups in total. The van der Waals surface area contributed by atoms with Gasteiger partial charge in [-0.05, 0) is 55.8 Å². The maximum Gasteiger partial charge on any atom is 0.363 e. The molecule has 0 unspecified atom stereocenters. The summed E-state index contributed by atoms with van der Waals surface area (Å²) in [6.45, 7) is 5.68. The van der Waals surface area contributed by atoms with Crippen LogP contribution in [0.15, 0.2) is 41.0 Å². The van der Waals surface area contributed by atoms with E-state index in [1.807, 2.05) is 13.8 Å². The van der Waals surface area contributed by atoms with Crippen molar-refractivity contribution in [1.29, 1.82) is 0 Å². The van der Waals surface area contributed by atoms with E-state index in [1.165, 1.54) is 0 Å². The minimum Gasteiger partial charge on any atom is -0.493 e. The molecule has 2 aromatic carbocycles. The monoisotopic (exact) mass is 425 g/mol. The highest BCUT2D eigenvalue weighted by molar-refractivity contribution is 6.13. The maximum absolute atomic E-state index is 12.4. The van der Waals surface area contributed by atoms with E-state index in [9.17, 15) is 4.79 Å². The minimum absolute atomic E-state index is 0.167. The van der Waals surface area contributed by atoms with Crippen LogP contribution >= 0.6 is 0 Å². The first-order valence-electron chi connectivity index (χ1n) is 10.0. The van der Waals surface area contributed by atoms with Gasteiger partial charge in [0.25, 0.3) is 0 Å². The van der Waals surface area contributed by atoms with Crippen LogP contribution in [0.5, 0.6) is 28.7 Å². The first-order chi connectivity index (χ1) is 15.1. The lowest BCUT2D eigenvalue weighted by Crippen LogP contribution is -2.16. The maximum atomic E-state index is 12.4. The number of benzene rings is 2. The Morgan fingerprint density at radius 1 is 1.00 bits per heavy atom. The highest BCUT2D eigenvalue weighted by Gasteiger charge is 2.26. The van der Waals surface area contributed by atoms with Gasteiger partial charge in [-0.15, -0.1) is 0 Å². The quantitative estimate of drug-likeness (QED) is 0.495. The summed E-state index contributed by atoms with van der Waals surface area (Å²) in [6, 6.07) is 8.82. The van der Waals surface area contributed by atoms with E-state index < -0.39 is 5.97 Å². The first-order valence-corrected chi connectivity index (χ1v) is 10.0. The number of hydrogen-bond donors (Lipinski definition) is 0. The molecule has 0 aliphatic carbocycles. The molecule has 8 heteroatoms. The predicted molar refractivity (Wildman–Crippen MR) is 113 cm³/mol. The van der Waals surface area contributed by atoms with Gasteiger partial charge in [-0.1, -0.05) is 0 Å². The van der Waals surface area contributed by atoms with Crippen LogP contribution in [0.4, 0.5) is 0 Å². The smallest absolute Gasteiger partial charge is 0.363 e. The van der Waals surface area contributed by atoms with Crippen molar-refractivity contribution in [3.05, 3.63) is 47.2 Å². The van der Waals surface area contributed by atoms with Gasteiger partial charge < -0.3 is 28.4 Å². The second-order valence-corrected chi connectivity index (χ2v) is 6.61. The number of aliphatic imine (C=N–C) groups is 1. The van der Waals surface area contributed by atoms with Crippen molar-refractivity contribution in [2.45, 2.75) is 13.8 Å². The molecule has 0 saturated heterocycles. The van der Waals surface area contributed by atoms with Crippen LogP contribution in [0.1, 0.15) is 25.0 Å². The Hall–Kier alpha value is -3.68. The first kappa shape index (κ1) is 20.6. The number of carbonyl (C=O) groups excluding carboxylic acids is 1. The zero-order valence-corrected chi connectivity index (χ0v) is 17.6. The molecule has 0 fully saturated rings. The molecule has 2 aromatic rings. The lowest BCUT2D eigenvalue weighted by atomic mass is 10.1. The third kappa shape index (κ3) is 4.28. The van der Waals surface area contributed by atoms with Crippen molar-refractivity contribution in [2.24, 2.45) is 4.99 Å². The number of esters is 1. The number of carbonyl (C=O) groups is 1. The minimum atomic E-state index is -0.546. The van der Waals surface area contributed by atoms with Gasteiger partial charge in [0.05, 0.1) is 20.3 Å². The fraction of sp³-hybridized carbons (Fsp3) is 0.304. The average Bonchev–Trinajstić information content (AvgIpc) is 3.14. The van der Waals surface area contributed by atoms with Crippen molar-refractivity contribution in [1.82, 2.24) is 0 Å². The van der Waals surface area contributed by atoms with Crippen molar-refractivity contribution in [3.63, 3.8) is 0 Å². The standard InChI is InChI=1S/C23H23NO7/c1-4-27-17-7-6-15(13-18(17)28-5-2)22-24-16(23(25)31-22)10-14-11-19(26-3)21-20(12-14)29-8-9-30-21/h6-7,10-13H,4-5,8-9H2,1-3H3/b16-10+. The van der Waals surface area contributed by atoms with Crippen LogP contribution in [-0.2, 0) is 9.53 Å². The molecule has 0 bridgehead atoms. The fourth-order valence-electron chi connectivity index (χ4n) is 3.25. The summed E-state index contributed by atoms with van der Waals surface area (Å²) >= 11 is 0. The molecule has 2 aliphatic rings. The van der Waals surface area contributed by atoms with E-state index in [4.69, 9.17) is 28.4 Å². The number of fused-ring (bicyclic) bond motifs is 1. The molecule has 162 valence electrons. The van der Waals surface area contributed by atoms with Crippen molar-refractivity contribution < 1.29 is 33.2 Å². The number of methoxy groups -OCH3 is 1. The second kappa shape index (κ2) is 8.99. The summed E-state index contributed by atoms with van der Waals surface area (Å²) < 4.78 is 33.3. The highest BCUT2D eigenvalue weighted by Crippen LogP contribution is 2.41. The second-order valence-electron chi connectivity index (χ2n) is 6.61.